The van der Waals surface area contributed by atoms with Gasteiger partial charge in [0.15, 0.2) is 0 Å². The fourth-order valence-electron chi connectivity index (χ4n) is 1.40. The van der Waals surface area contributed by atoms with E-state index < -0.39 is 11.9 Å². The Morgan fingerprint density at radius 3 is 2.38 bits per heavy atom. The SMILES string of the molecule is O=C(Cc1ccccc1)CC(CS)C(=O)O. The minimum atomic E-state index is -0.962. The summed E-state index contributed by atoms with van der Waals surface area (Å²) < 4.78 is 0. The minimum absolute atomic E-state index is 0.0493. The van der Waals surface area contributed by atoms with Crippen molar-refractivity contribution in [1.29, 1.82) is 0 Å². The lowest BCUT2D eigenvalue weighted by atomic mass is 10.00. The molecule has 0 aliphatic rings. The maximum absolute atomic E-state index is 11.6. The Bertz CT molecular complexity index is 362. The van der Waals surface area contributed by atoms with Crippen molar-refractivity contribution in [1.82, 2.24) is 0 Å². The Morgan fingerprint density at radius 1 is 1.25 bits per heavy atom. The lowest BCUT2D eigenvalue weighted by Gasteiger charge is -2.07. The van der Waals surface area contributed by atoms with Crippen molar-refractivity contribution < 1.29 is 14.7 Å². The summed E-state index contributed by atoms with van der Waals surface area (Å²) in [6.07, 6.45) is 0.339. The van der Waals surface area contributed by atoms with Crippen LogP contribution in [0.4, 0.5) is 0 Å². The van der Waals surface area contributed by atoms with Crippen LogP contribution in [0.15, 0.2) is 30.3 Å². The van der Waals surface area contributed by atoms with E-state index in [0.717, 1.165) is 5.56 Å². The molecule has 0 aliphatic heterocycles. The van der Waals surface area contributed by atoms with Gasteiger partial charge in [-0.3, -0.25) is 9.59 Å². The quantitative estimate of drug-likeness (QED) is 0.743. The molecule has 1 N–H and O–H groups in total. The van der Waals surface area contributed by atoms with Gasteiger partial charge < -0.3 is 5.11 Å². The van der Waals surface area contributed by atoms with Crippen LogP contribution in [0.25, 0.3) is 0 Å². The zero-order chi connectivity index (χ0) is 12.0. The normalized spacial score (nSPS) is 12.1. The Morgan fingerprint density at radius 2 is 1.88 bits per heavy atom. The zero-order valence-electron chi connectivity index (χ0n) is 8.80. The highest BCUT2D eigenvalue weighted by molar-refractivity contribution is 7.80. The van der Waals surface area contributed by atoms with Crippen molar-refractivity contribution in [3.8, 4) is 0 Å². The first kappa shape index (κ1) is 12.8. The van der Waals surface area contributed by atoms with E-state index in [1.807, 2.05) is 30.3 Å². The van der Waals surface area contributed by atoms with Gasteiger partial charge in [0, 0.05) is 18.6 Å². The fourth-order valence-corrected chi connectivity index (χ4v) is 1.69. The minimum Gasteiger partial charge on any atom is -0.481 e. The van der Waals surface area contributed by atoms with Gasteiger partial charge in [-0.1, -0.05) is 30.3 Å². The van der Waals surface area contributed by atoms with Gasteiger partial charge in [0.25, 0.3) is 0 Å². The Balaban J connectivity index is 2.50. The molecule has 4 heteroatoms. The first-order valence-corrected chi connectivity index (χ1v) is 5.66. The van der Waals surface area contributed by atoms with Gasteiger partial charge >= 0.3 is 5.97 Å². The summed E-state index contributed by atoms with van der Waals surface area (Å²) in [4.78, 5) is 22.3. The van der Waals surface area contributed by atoms with E-state index in [4.69, 9.17) is 5.11 Å². The number of carbonyl (C=O) groups excluding carboxylic acids is 1. The zero-order valence-corrected chi connectivity index (χ0v) is 9.69. The summed E-state index contributed by atoms with van der Waals surface area (Å²) >= 11 is 3.92. The third-order valence-electron chi connectivity index (χ3n) is 2.29. The highest BCUT2D eigenvalue weighted by Crippen LogP contribution is 2.09. The van der Waals surface area contributed by atoms with Crippen molar-refractivity contribution in [2.24, 2.45) is 5.92 Å². The van der Waals surface area contributed by atoms with Crippen LogP contribution in [0.2, 0.25) is 0 Å². The number of rotatable bonds is 6. The molecular weight excluding hydrogens is 224 g/mol. The predicted octanol–water partition coefficient (Wildman–Crippen LogP) is 1.82. The topological polar surface area (TPSA) is 54.4 Å². The maximum Gasteiger partial charge on any atom is 0.307 e. The van der Waals surface area contributed by atoms with Gasteiger partial charge in [-0.15, -0.1) is 0 Å². The number of hydrogen-bond acceptors (Lipinski definition) is 3. The summed E-state index contributed by atoms with van der Waals surface area (Å²) in [5, 5.41) is 8.79. The van der Waals surface area contributed by atoms with Gasteiger partial charge in [-0.05, 0) is 5.56 Å². The number of Topliss-reactive ketones (excluding diaryl/α,β-unsaturated/α-hetero) is 1. The van der Waals surface area contributed by atoms with Crippen LogP contribution in [0.5, 0.6) is 0 Å². The molecular formula is C12H14O3S. The highest BCUT2D eigenvalue weighted by Gasteiger charge is 2.19. The average molecular weight is 238 g/mol. The number of hydrogen-bond donors (Lipinski definition) is 2. The van der Waals surface area contributed by atoms with Crippen LogP contribution < -0.4 is 0 Å². The standard InChI is InChI=1S/C12H14O3S/c13-11(7-10(8-16)12(14)15)6-9-4-2-1-3-5-9/h1-5,10,16H,6-8H2,(H,14,15). The first-order valence-electron chi connectivity index (χ1n) is 5.02. The molecule has 0 spiro atoms. The second-order valence-electron chi connectivity index (χ2n) is 3.62. The Labute approximate surface area is 99.9 Å². The third-order valence-corrected chi connectivity index (χ3v) is 2.73. The van der Waals surface area contributed by atoms with Crippen LogP contribution in [0, 0.1) is 5.92 Å². The molecule has 3 nitrogen and oxygen atoms in total. The van der Waals surface area contributed by atoms with Gasteiger partial charge in [0.2, 0.25) is 0 Å². The van der Waals surface area contributed by atoms with E-state index in [0.29, 0.717) is 6.42 Å². The maximum atomic E-state index is 11.6. The number of carboxylic acid groups (broad SMARTS) is 1. The highest BCUT2D eigenvalue weighted by atomic mass is 32.1. The van der Waals surface area contributed by atoms with Crippen molar-refractivity contribution in [2.45, 2.75) is 12.8 Å². The number of thiol groups is 1. The lowest BCUT2D eigenvalue weighted by molar-refractivity contribution is -0.142. The molecule has 1 unspecified atom stereocenters. The molecule has 0 saturated carbocycles. The van der Waals surface area contributed by atoms with Crippen molar-refractivity contribution in [3.05, 3.63) is 35.9 Å². The Kier molecular flexibility index (Phi) is 5.05. The molecule has 0 heterocycles. The third kappa shape index (κ3) is 4.06. The second kappa shape index (κ2) is 6.33. The number of aliphatic carboxylic acids is 1. The van der Waals surface area contributed by atoms with Crippen molar-refractivity contribution in [2.75, 3.05) is 5.75 Å². The van der Waals surface area contributed by atoms with E-state index in [9.17, 15) is 9.59 Å². The molecule has 16 heavy (non-hydrogen) atoms. The van der Waals surface area contributed by atoms with Crippen molar-refractivity contribution >= 4 is 24.4 Å². The van der Waals surface area contributed by atoms with Gasteiger partial charge in [-0.25, -0.2) is 0 Å². The number of benzene rings is 1. The van der Waals surface area contributed by atoms with Crippen LogP contribution in [-0.2, 0) is 16.0 Å². The molecule has 1 aromatic carbocycles. The molecule has 86 valence electrons. The second-order valence-corrected chi connectivity index (χ2v) is 3.99. The number of carboxylic acids is 1. The lowest BCUT2D eigenvalue weighted by Crippen LogP contribution is -2.20. The summed E-state index contributed by atoms with van der Waals surface area (Å²) in [6.45, 7) is 0. The number of carbonyl (C=O) groups is 2. The van der Waals surface area contributed by atoms with Gasteiger partial charge in [0.05, 0.1) is 5.92 Å². The first-order chi connectivity index (χ1) is 7.63. The molecule has 0 bridgehead atoms. The molecule has 0 aromatic heterocycles. The van der Waals surface area contributed by atoms with E-state index in [1.54, 1.807) is 0 Å². The Hall–Kier alpha value is -1.29. The van der Waals surface area contributed by atoms with Crippen LogP contribution in [-0.4, -0.2) is 22.6 Å². The van der Waals surface area contributed by atoms with Gasteiger partial charge in [-0.2, -0.15) is 12.6 Å². The summed E-state index contributed by atoms with van der Waals surface area (Å²) in [6, 6.07) is 9.30. The average Bonchev–Trinajstić information content (AvgIpc) is 2.27. The largest absolute Gasteiger partial charge is 0.481 e. The smallest absolute Gasteiger partial charge is 0.307 e. The predicted molar refractivity (Wildman–Crippen MR) is 64.7 cm³/mol. The molecule has 1 rings (SSSR count). The monoisotopic (exact) mass is 238 g/mol. The molecule has 0 fully saturated rings. The van der Waals surface area contributed by atoms with Crippen molar-refractivity contribution in [3.63, 3.8) is 0 Å². The fraction of sp³-hybridized carbons (Fsp3) is 0.333. The summed E-state index contributed by atoms with van der Waals surface area (Å²) in [7, 11) is 0. The van der Waals surface area contributed by atoms with E-state index >= 15 is 0 Å². The van der Waals surface area contributed by atoms with Crippen LogP contribution in [0.1, 0.15) is 12.0 Å². The molecule has 1 atom stereocenters. The summed E-state index contributed by atoms with van der Waals surface area (Å²) in [5.74, 6) is -1.51. The van der Waals surface area contributed by atoms with E-state index in [-0.39, 0.29) is 18.0 Å². The molecule has 0 aliphatic carbocycles. The molecule has 0 saturated heterocycles. The molecule has 1 aromatic rings. The molecule has 0 radical (unpaired) electrons. The van der Waals surface area contributed by atoms with Crippen LogP contribution in [0.3, 0.4) is 0 Å². The molecule has 0 amide bonds. The van der Waals surface area contributed by atoms with E-state index in [1.165, 1.54) is 0 Å². The van der Waals surface area contributed by atoms with Crippen LogP contribution >= 0.6 is 12.6 Å². The van der Waals surface area contributed by atoms with Gasteiger partial charge in [0.1, 0.15) is 5.78 Å². The number of ketones is 1. The van der Waals surface area contributed by atoms with E-state index in [2.05, 4.69) is 12.6 Å². The summed E-state index contributed by atoms with van der Waals surface area (Å²) in [5.41, 5.74) is 0.913.